The summed E-state index contributed by atoms with van der Waals surface area (Å²) in [6, 6.07) is 28.5. The Bertz CT molecular complexity index is 1400. The first-order valence-corrected chi connectivity index (χ1v) is 11.6. The van der Waals surface area contributed by atoms with Crippen LogP contribution in [-0.2, 0) is 16.1 Å². The molecule has 1 atom stereocenters. The molecule has 0 aliphatic carbocycles. The first-order valence-electron chi connectivity index (χ1n) is 11.6. The summed E-state index contributed by atoms with van der Waals surface area (Å²) < 4.78 is 11.1. The molecule has 6 nitrogen and oxygen atoms in total. The van der Waals surface area contributed by atoms with Crippen molar-refractivity contribution >= 4 is 23.6 Å². The Morgan fingerprint density at radius 2 is 1.58 bits per heavy atom. The molecule has 0 spiro atoms. The molecule has 178 valence electrons. The molecule has 6 heteroatoms. The molecule has 1 amide bonds. The van der Waals surface area contributed by atoms with E-state index < -0.39 is 17.9 Å². The first kappa shape index (κ1) is 23.1. The quantitative estimate of drug-likeness (QED) is 0.342. The zero-order chi connectivity index (χ0) is 24.9. The van der Waals surface area contributed by atoms with Crippen molar-refractivity contribution in [3.05, 3.63) is 131 Å². The van der Waals surface area contributed by atoms with Gasteiger partial charge in [0.1, 0.15) is 18.1 Å². The summed E-state index contributed by atoms with van der Waals surface area (Å²) >= 11 is 0. The van der Waals surface area contributed by atoms with Crippen LogP contribution in [0.2, 0.25) is 0 Å². The lowest BCUT2D eigenvalue weighted by molar-refractivity contribution is -0.149. The molecule has 0 saturated heterocycles. The Kier molecular flexibility index (Phi) is 6.58. The summed E-state index contributed by atoms with van der Waals surface area (Å²) in [6.07, 6.45) is 3.48. The van der Waals surface area contributed by atoms with Crippen molar-refractivity contribution in [3.63, 3.8) is 0 Å². The summed E-state index contributed by atoms with van der Waals surface area (Å²) in [6.45, 7) is 0.103. The molecule has 1 aliphatic heterocycles. The minimum atomic E-state index is -0.985. The van der Waals surface area contributed by atoms with Crippen LogP contribution in [0.3, 0.4) is 0 Å². The summed E-state index contributed by atoms with van der Waals surface area (Å²) in [5.41, 5.74) is 3.97. The molecule has 0 fully saturated rings. The summed E-state index contributed by atoms with van der Waals surface area (Å²) in [5.74, 6) is -0.222. The van der Waals surface area contributed by atoms with Crippen molar-refractivity contribution in [3.8, 4) is 5.75 Å². The highest BCUT2D eigenvalue weighted by Crippen LogP contribution is 2.40. The number of fused-ring (bicyclic) bond motifs is 1. The number of amides is 1. The Morgan fingerprint density at radius 3 is 2.31 bits per heavy atom. The van der Waals surface area contributed by atoms with Gasteiger partial charge < -0.3 is 9.47 Å². The molecule has 1 aliphatic rings. The molecule has 36 heavy (non-hydrogen) atoms. The van der Waals surface area contributed by atoms with Crippen molar-refractivity contribution in [1.82, 2.24) is 9.88 Å². The maximum atomic E-state index is 13.9. The average molecular weight is 477 g/mol. The predicted octanol–water partition coefficient (Wildman–Crippen LogP) is 5.53. The van der Waals surface area contributed by atoms with E-state index in [4.69, 9.17) is 9.47 Å². The predicted molar refractivity (Wildman–Crippen MR) is 137 cm³/mol. The number of nitrogens with zero attached hydrogens (tertiary/aromatic N) is 2. The van der Waals surface area contributed by atoms with Gasteiger partial charge in [-0.15, -0.1) is 0 Å². The largest absolute Gasteiger partial charge is 0.497 e. The van der Waals surface area contributed by atoms with Crippen molar-refractivity contribution < 1.29 is 19.1 Å². The number of carbonyl (C=O) groups is 2. The van der Waals surface area contributed by atoms with Gasteiger partial charge in [0.05, 0.1) is 12.8 Å². The van der Waals surface area contributed by atoms with E-state index in [0.29, 0.717) is 17.0 Å². The monoisotopic (exact) mass is 476 g/mol. The van der Waals surface area contributed by atoms with Gasteiger partial charge in [-0.3, -0.25) is 14.7 Å². The molecule has 5 rings (SSSR count). The van der Waals surface area contributed by atoms with E-state index in [1.165, 1.54) is 4.90 Å². The van der Waals surface area contributed by atoms with Gasteiger partial charge in [0.15, 0.2) is 6.04 Å². The number of ether oxygens (including phenoxy) is 2. The van der Waals surface area contributed by atoms with Gasteiger partial charge in [0.2, 0.25) is 0 Å². The number of rotatable bonds is 6. The number of benzene rings is 3. The zero-order valence-electron chi connectivity index (χ0n) is 19.7. The van der Waals surface area contributed by atoms with Crippen molar-refractivity contribution in [2.24, 2.45) is 0 Å². The zero-order valence-corrected chi connectivity index (χ0v) is 19.7. The summed E-state index contributed by atoms with van der Waals surface area (Å²) in [4.78, 5) is 33.3. The van der Waals surface area contributed by atoms with Crippen LogP contribution in [0.1, 0.15) is 38.8 Å². The van der Waals surface area contributed by atoms with Crippen LogP contribution in [0.4, 0.5) is 0 Å². The third-order valence-electron chi connectivity index (χ3n) is 6.04. The van der Waals surface area contributed by atoms with Gasteiger partial charge in [-0.1, -0.05) is 60.7 Å². The highest BCUT2D eigenvalue weighted by atomic mass is 16.5. The van der Waals surface area contributed by atoms with Gasteiger partial charge in [0, 0.05) is 6.20 Å². The number of esters is 1. The molecule has 2 heterocycles. The lowest BCUT2D eigenvalue weighted by atomic mass is 9.91. The van der Waals surface area contributed by atoms with Crippen LogP contribution in [0.15, 0.2) is 103 Å². The van der Waals surface area contributed by atoms with E-state index in [0.717, 1.165) is 16.7 Å². The lowest BCUT2D eigenvalue weighted by Gasteiger charge is -2.36. The van der Waals surface area contributed by atoms with Crippen molar-refractivity contribution in [1.29, 1.82) is 0 Å². The molecule has 1 unspecified atom stereocenters. The lowest BCUT2D eigenvalue weighted by Crippen LogP contribution is -2.41. The van der Waals surface area contributed by atoms with Crippen molar-refractivity contribution in [2.45, 2.75) is 12.6 Å². The highest BCUT2D eigenvalue weighted by molar-refractivity contribution is 6.05. The molecule has 1 aromatic heterocycles. The molecule has 3 aromatic carbocycles. The van der Waals surface area contributed by atoms with Crippen LogP contribution < -0.4 is 4.74 Å². The van der Waals surface area contributed by atoms with E-state index in [-0.39, 0.29) is 12.3 Å². The standard InChI is InChI=1S/C30H24N2O4/c1-35-24-16-14-22(15-17-24)27-19-23-11-5-6-12-25(23)28(30(34)36-20-21-9-3-2-4-10-21)32(27)29(33)26-13-7-8-18-31-26/h2-19,28H,20H2,1H3. The maximum Gasteiger partial charge on any atom is 0.334 e. The Balaban J connectivity index is 1.61. The number of carbonyl (C=O) groups excluding carboxylic acids is 2. The van der Waals surface area contributed by atoms with Gasteiger partial charge in [-0.25, -0.2) is 4.79 Å². The SMILES string of the molecule is COc1ccc(C2=Cc3ccccc3C(C(=O)OCc3ccccc3)N2C(=O)c2ccccn2)cc1. The Labute approximate surface area is 209 Å². The maximum absolute atomic E-state index is 13.9. The minimum absolute atomic E-state index is 0.103. The summed E-state index contributed by atoms with van der Waals surface area (Å²) in [7, 11) is 1.60. The number of hydrogen-bond acceptors (Lipinski definition) is 5. The minimum Gasteiger partial charge on any atom is -0.497 e. The smallest absolute Gasteiger partial charge is 0.334 e. The number of pyridine rings is 1. The van der Waals surface area contributed by atoms with E-state index >= 15 is 0 Å². The molecule has 0 bridgehead atoms. The van der Waals surface area contributed by atoms with Crippen LogP contribution >= 0.6 is 0 Å². The molecule has 0 N–H and O–H groups in total. The fourth-order valence-electron chi connectivity index (χ4n) is 4.25. The second kappa shape index (κ2) is 10.3. The Morgan fingerprint density at radius 1 is 0.861 bits per heavy atom. The highest BCUT2D eigenvalue weighted by Gasteiger charge is 2.40. The fourth-order valence-corrected chi connectivity index (χ4v) is 4.25. The second-order valence-corrected chi connectivity index (χ2v) is 8.27. The van der Waals surface area contributed by atoms with Crippen LogP contribution in [0, 0.1) is 0 Å². The van der Waals surface area contributed by atoms with E-state index in [2.05, 4.69) is 4.98 Å². The van der Waals surface area contributed by atoms with E-state index in [9.17, 15) is 9.59 Å². The van der Waals surface area contributed by atoms with Gasteiger partial charge in [0.25, 0.3) is 5.91 Å². The molecular weight excluding hydrogens is 452 g/mol. The van der Waals surface area contributed by atoms with Crippen molar-refractivity contribution in [2.75, 3.05) is 7.11 Å². The second-order valence-electron chi connectivity index (χ2n) is 8.27. The molecular formula is C30H24N2O4. The Hall–Kier alpha value is -4.71. The topological polar surface area (TPSA) is 68.7 Å². The van der Waals surface area contributed by atoms with E-state index in [1.807, 2.05) is 84.9 Å². The number of hydrogen-bond donors (Lipinski definition) is 0. The fraction of sp³-hybridized carbons (Fsp3) is 0.100. The summed E-state index contributed by atoms with van der Waals surface area (Å²) in [5, 5.41) is 0. The molecule has 0 saturated carbocycles. The number of aromatic nitrogens is 1. The molecule has 4 aromatic rings. The van der Waals surface area contributed by atoms with Gasteiger partial charge in [-0.05, 0) is 64.7 Å². The third kappa shape index (κ3) is 4.61. The van der Waals surface area contributed by atoms with Gasteiger partial charge >= 0.3 is 5.97 Å². The average Bonchev–Trinajstić information content (AvgIpc) is 2.95. The first-order chi connectivity index (χ1) is 17.7. The normalized spacial score (nSPS) is 14.4. The van der Waals surface area contributed by atoms with E-state index in [1.54, 1.807) is 31.5 Å². The van der Waals surface area contributed by atoms with Gasteiger partial charge in [-0.2, -0.15) is 0 Å². The third-order valence-corrected chi connectivity index (χ3v) is 6.04. The number of methoxy groups -OCH3 is 1. The molecule has 0 radical (unpaired) electrons. The van der Waals surface area contributed by atoms with Crippen LogP contribution in [-0.4, -0.2) is 28.9 Å². The van der Waals surface area contributed by atoms with Crippen LogP contribution in [0.25, 0.3) is 11.8 Å². The van der Waals surface area contributed by atoms with Crippen LogP contribution in [0.5, 0.6) is 5.75 Å².